The topological polar surface area (TPSA) is 86.7 Å². The van der Waals surface area contributed by atoms with Crippen LogP contribution < -0.4 is 5.32 Å². The molecule has 0 saturated carbocycles. The van der Waals surface area contributed by atoms with Gasteiger partial charge in [0.2, 0.25) is 5.91 Å². The van der Waals surface area contributed by atoms with E-state index in [4.69, 9.17) is 0 Å². The van der Waals surface area contributed by atoms with Crippen LogP contribution in [0.4, 0.5) is 19.3 Å². The van der Waals surface area contributed by atoms with Crippen molar-refractivity contribution in [1.29, 1.82) is 0 Å². The molecule has 144 valence electrons. The number of anilines is 1. The van der Waals surface area contributed by atoms with Crippen LogP contribution in [0.15, 0.2) is 41.3 Å². The maximum absolute atomic E-state index is 13.6. The summed E-state index contributed by atoms with van der Waals surface area (Å²) in [5.41, 5.74) is 0.345. The molecule has 0 unspecified atom stereocenters. The fourth-order valence-electron chi connectivity index (χ4n) is 2.32. The largest absolute Gasteiger partial charge is 0.507 e. The zero-order valence-corrected chi connectivity index (χ0v) is 16.9. The zero-order valence-electron chi connectivity index (χ0n) is 13.9. The van der Waals surface area contributed by atoms with Crippen LogP contribution in [0.1, 0.15) is 5.56 Å². The zero-order chi connectivity index (χ0) is 20.4. The Hall–Kier alpha value is -2.47. The lowest BCUT2D eigenvalue weighted by atomic mass is 10.2. The van der Waals surface area contributed by atoms with Crippen molar-refractivity contribution >= 4 is 63.2 Å². The molecule has 3 amide bonds. The summed E-state index contributed by atoms with van der Waals surface area (Å²) in [5.74, 6) is -3.13. The van der Waals surface area contributed by atoms with E-state index in [1.54, 1.807) is 12.1 Å². The Morgan fingerprint density at radius 1 is 1.21 bits per heavy atom. The van der Waals surface area contributed by atoms with Gasteiger partial charge >= 0.3 is 0 Å². The van der Waals surface area contributed by atoms with Crippen molar-refractivity contribution in [1.82, 2.24) is 4.90 Å². The van der Waals surface area contributed by atoms with Crippen LogP contribution in [0.2, 0.25) is 0 Å². The second-order valence-corrected chi connectivity index (χ2v) is 7.81. The molecule has 28 heavy (non-hydrogen) atoms. The molecule has 1 heterocycles. The van der Waals surface area contributed by atoms with Crippen LogP contribution in [0, 0.1) is 15.2 Å². The molecule has 0 spiro atoms. The number of hydrogen-bond acceptors (Lipinski definition) is 5. The number of nitrogens with one attached hydrogen (secondary N) is 1. The molecule has 1 saturated heterocycles. The molecule has 10 heteroatoms. The van der Waals surface area contributed by atoms with E-state index in [0.717, 1.165) is 17.0 Å². The predicted octanol–water partition coefficient (Wildman–Crippen LogP) is 3.95. The van der Waals surface area contributed by atoms with Crippen molar-refractivity contribution < 1.29 is 28.3 Å². The first kappa shape index (κ1) is 20.3. The summed E-state index contributed by atoms with van der Waals surface area (Å²) in [6.07, 6.45) is 1.48. The molecule has 6 nitrogen and oxygen atoms in total. The molecule has 0 bridgehead atoms. The lowest BCUT2D eigenvalue weighted by molar-refractivity contribution is -0.127. The summed E-state index contributed by atoms with van der Waals surface area (Å²) in [4.78, 5) is 37.4. The predicted molar refractivity (Wildman–Crippen MR) is 108 cm³/mol. The van der Waals surface area contributed by atoms with Gasteiger partial charge in [0.15, 0.2) is 0 Å². The first-order valence-electron chi connectivity index (χ1n) is 7.73. The number of thioether (sulfide) groups is 1. The minimum atomic E-state index is -0.968. The summed E-state index contributed by atoms with van der Waals surface area (Å²) in [6.45, 7) is -0.605. The van der Waals surface area contributed by atoms with Crippen molar-refractivity contribution in [2.45, 2.75) is 0 Å². The van der Waals surface area contributed by atoms with E-state index >= 15 is 0 Å². The number of phenols is 1. The Morgan fingerprint density at radius 2 is 1.96 bits per heavy atom. The minimum absolute atomic E-state index is 0.0931. The Kier molecular flexibility index (Phi) is 5.98. The molecule has 2 aromatic carbocycles. The van der Waals surface area contributed by atoms with Gasteiger partial charge in [0.25, 0.3) is 11.1 Å². The number of carbonyl (C=O) groups excluding carboxylic acids is 3. The van der Waals surface area contributed by atoms with Gasteiger partial charge in [0, 0.05) is 6.07 Å². The molecule has 3 rings (SSSR count). The molecular formula is C18H11F2IN2O4S. The molecule has 2 aromatic rings. The smallest absolute Gasteiger partial charge is 0.294 e. The van der Waals surface area contributed by atoms with Crippen LogP contribution in [-0.4, -0.2) is 33.6 Å². The van der Waals surface area contributed by atoms with Gasteiger partial charge in [-0.3, -0.25) is 19.3 Å². The van der Waals surface area contributed by atoms with Crippen molar-refractivity contribution in [3.63, 3.8) is 0 Å². The Balaban J connectivity index is 1.71. The molecule has 2 N–H and O–H groups in total. The van der Waals surface area contributed by atoms with Crippen molar-refractivity contribution in [2.75, 3.05) is 11.9 Å². The highest BCUT2D eigenvalue weighted by Crippen LogP contribution is 2.33. The average molecular weight is 516 g/mol. The lowest BCUT2D eigenvalue weighted by Gasteiger charge is -2.12. The Bertz CT molecular complexity index is 1030. The summed E-state index contributed by atoms with van der Waals surface area (Å²) in [5, 5.41) is 11.1. The fraction of sp³-hybridized carbons (Fsp3) is 0.0556. The third-order valence-electron chi connectivity index (χ3n) is 3.65. The van der Waals surface area contributed by atoms with Crippen molar-refractivity contribution in [3.05, 3.63) is 62.1 Å². The van der Waals surface area contributed by atoms with E-state index < -0.39 is 35.2 Å². The highest BCUT2D eigenvalue weighted by molar-refractivity contribution is 14.1. The third-order valence-corrected chi connectivity index (χ3v) is 5.42. The summed E-state index contributed by atoms with van der Waals surface area (Å²) < 4.78 is 27.1. The van der Waals surface area contributed by atoms with Gasteiger partial charge in [-0.25, -0.2) is 8.78 Å². The first-order chi connectivity index (χ1) is 13.2. The monoisotopic (exact) mass is 516 g/mol. The Morgan fingerprint density at radius 3 is 2.64 bits per heavy atom. The van der Waals surface area contributed by atoms with Gasteiger partial charge in [0.1, 0.15) is 23.9 Å². The maximum Gasteiger partial charge on any atom is 0.294 e. The number of amides is 3. The highest BCUT2D eigenvalue weighted by Gasteiger charge is 2.36. The lowest BCUT2D eigenvalue weighted by Crippen LogP contribution is -2.36. The van der Waals surface area contributed by atoms with E-state index in [0.29, 0.717) is 27.0 Å². The summed E-state index contributed by atoms with van der Waals surface area (Å²) in [6, 6.07) is 7.30. The van der Waals surface area contributed by atoms with Crippen LogP contribution >= 0.6 is 34.4 Å². The number of hydrogen-bond donors (Lipinski definition) is 2. The minimum Gasteiger partial charge on any atom is -0.507 e. The number of nitrogens with zero attached hydrogens (tertiary/aromatic N) is 1. The molecular weight excluding hydrogens is 505 g/mol. The number of phenolic OH excluding ortho intramolecular Hbond substituents is 1. The van der Waals surface area contributed by atoms with Crippen LogP contribution in [0.25, 0.3) is 6.08 Å². The summed E-state index contributed by atoms with van der Waals surface area (Å²) in [7, 11) is 0. The van der Waals surface area contributed by atoms with Crippen LogP contribution in [0.5, 0.6) is 5.75 Å². The fourth-order valence-corrected chi connectivity index (χ4v) is 3.70. The second kappa shape index (κ2) is 8.27. The summed E-state index contributed by atoms with van der Waals surface area (Å²) >= 11 is 2.60. The number of carbonyl (C=O) groups is 3. The maximum atomic E-state index is 13.6. The first-order valence-corrected chi connectivity index (χ1v) is 9.63. The molecule has 1 aliphatic heterocycles. The average Bonchev–Trinajstić information content (AvgIpc) is 2.88. The molecule has 1 fully saturated rings. The van der Waals surface area contributed by atoms with Crippen LogP contribution in [-0.2, 0) is 9.59 Å². The van der Waals surface area contributed by atoms with E-state index in [1.165, 1.54) is 12.1 Å². The van der Waals surface area contributed by atoms with Gasteiger partial charge in [-0.2, -0.15) is 0 Å². The number of aromatic hydroxyl groups is 1. The van der Waals surface area contributed by atoms with Crippen LogP contribution in [0.3, 0.4) is 0 Å². The standard InChI is InChI=1S/C18H11F2IN2O4S/c19-10-2-3-13(11(20)7-10)22-16(25)8-23-17(26)15(28-18(23)27)6-9-1-4-14(24)12(21)5-9/h1-7,24H,8H2,(H,22,25)/b15-6-. The quantitative estimate of drug-likeness (QED) is 0.475. The van der Waals surface area contributed by atoms with Crippen molar-refractivity contribution in [2.24, 2.45) is 0 Å². The molecule has 0 atom stereocenters. The SMILES string of the molecule is O=C(CN1C(=O)S/C(=C\c2ccc(O)c(I)c2)C1=O)Nc1ccc(F)cc1F. The van der Waals surface area contributed by atoms with E-state index in [1.807, 2.05) is 22.6 Å². The van der Waals surface area contributed by atoms with Crippen molar-refractivity contribution in [3.8, 4) is 5.75 Å². The third kappa shape index (κ3) is 4.50. The number of halogens is 3. The normalized spacial score (nSPS) is 15.4. The van der Waals surface area contributed by atoms with Gasteiger partial charge in [-0.15, -0.1) is 0 Å². The van der Waals surface area contributed by atoms with E-state index in [-0.39, 0.29) is 16.3 Å². The molecule has 0 radical (unpaired) electrons. The van der Waals surface area contributed by atoms with E-state index in [9.17, 15) is 28.3 Å². The van der Waals surface area contributed by atoms with Gasteiger partial charge in [-0.05, 0) is 70.3 Å². The number of imide groups is 1. The number of rotatable bonds is 4. The van der Waals surface area contributed by atoms with E-state index in [2.05, 4.69) is 5.32 Å². The molecule has 0 aliphatic carbocycles. The highest BCUT2D eigenvalue weighted by atomic mass is 127. The molecule has 0 aromatic heterocycles. The number of benzene rings is 2. The van der Waals surface area contributed by atoms with Gasteiger partial charge in [0.05, 0.1) is 14.2 Å². The Labute approximate surface area is 175 Å². The molecule has 1 aliphatic rings. The van der Waals surface area contributed by atoms with Gasteiger partial charge < -0.3 is 10.4 Å². The van der Waals surface area contributed by atoms with Gasteiger partial charge in [-0.1, -0.05) is 6.07 Å². The second-order valence-electron chi connectivity index (χ2n) is 5.65.